The van der Waals surface area contributed by atoms with Crippen LogP contribution in [0.5, 0.6) is 5.88 Å². The van der Waals surface area contributed by atoms with E-state index >= 15 is 0 Å². The van der Waals surface area contributed by atoms with Crippen molar-refractivity contribution in [2.75, 3.05) is 33.4 Å². The van der Waals surface area contributed by atoms with Gasteiger partial charge in [-0.3, -0.25) is 4.48 Å². The van der Waals surface area contributed by atoms with Crippen molar-refractivity contribution >= 4 is 23.5 Å². The van der Waals surface area contributed by atoms with Crippen molar-refractivity contribution in [1.82, 2.24) is 8.75 Å². The lowest BCUT2D eigenvalue weighted by molar-refractivity contribution is -0.950. The van der Waals surface area contributed by atoms with Crippen molar-refractivity contribution in [2.45, 2.75) is 98.1 Å². The van der Waals surface area contributed by atoms with Gasteiger partial charge in [0.25, 0.3) is 5.88 Å². The fourth-order valence-corrected chi connectivity index (χ4v) is 5.13. The minimum Gasteiger partial charge on any atom is -0.475 e. The predicted octanol–water partition coefficient (Wildman–Crippen LogP) is 6.84. The summed E-state index contributed by atoms with van der Waals surface area (Å²) < 4.78 is 26.8. The van der Waals surface area contributed by atoms with E-state index in [0.29, 0.717) is 30.1 Å². The Labute approximate surface area is 210 Å². The highest BCUT2D eigenvalue weighted by Gasteiger charge is 2.41. The molecule has 194 valence electrons. The standard InChI is InChI=1S/C26H46N3O4S/c1-6-8-10-12-14-19-32-26(30)33-25(21(3)4)29(5)17-15-16-22(20-29)23-24(28-34-27-23)31-18-13-11-9-7-2/h16,21,25H,6-15,17-20H2,1-5H3/q+1. The molecule has 0 spiro atoms. The molecule has 2 atom stereocenters. The van der Waals surface area contributed by atoms with Gasteiger partial charge >= 0.3 is 6.16 Å². The Balaban J connectivity index is 1.95. The monoisotopic (exact) mass is 496 g/mol. The van der Waals surface area contributed by atoms with Crippen LogP contribution in [0.1, 0.15) is 97.6 Å². The third-order valence-electron chi connectivity index (χ3n) is 6.43. The van der Waals surface area contributed by atoms with Crippen molar-refractivity contribution in [1.29, 1.82) is 0 Å². The second-order valence-electron chi connectivity index (χ2n) is 9.97. The third-order valence-corrected chi connectivity index (χ3v) is 6.94. The van der Waals surface area contributed by atoms with Crippen LogP contribution < -0.4 is 4.74 Å². The Morgan fingerprint density at radius 3 is 2.41 bits per heavy atom. The Morgan fingerprint density at radius 1 is 1.03 bits per heavy atom. The van der Waals surface area contributed by atoms with E-state index in [-0.39, 0.29) is 12.1 Å². The van der Waals surface area contributed by atoms with Crippen molar-refractivity contribution in [3.63, 3.8) is 0 Å². The van der Waals surface area contributed by atoms with Gasteiger partial charge in [0.15, 0.2) is 0 Å². The number of rotatable bonds is 16. The first-order valence-electron chi connectivity index (χ1n) is 13.2. The number of nitrogens with zero attached hydrogens (tertiary/aromatic N) is 3. The molecule has 0 N–H and O–H groups in total. The zero-order valence-electron chi connectivity index (χ0n) is 22.0. The molecule has 2 rings (SSSR count). The Kier molecular flexibility index (Phi) is 12.9. The second kappa shape index (κ2) is 15.4. The summed E-state index contributed by atoms with van der Waals surface area (Å²) in [6.45, 7) is 11.3. The van der Waals surface area contributed by atoms with Gasteiger partial charge in [0.2, 0.25) is 6.23 Å². The molecule has 0 aliphatic carbocycles. The second-order valence-corrected chi connectivity index (χ2v) is 10.5. The topological polar surface area (TPSA) is 70.5 Å². The summed E-state index contributed by atoms with van der Waals surface area (Å²) in [6, 6.07) is 0. The van der Waals surface area contributed by atoms with Crippen LogP contribution in [0.25, 0.3) is 5.57 Å². The van der Waals surface area contributed by atoms with E-state index in [0.717, 1.165) is 43.5 Å². The minimum absolute atomic E-state index is 0.157. The summed E-state index contributed by atoms with van der Waals surface area (Å²) in [7, 11) is 2.15. The van der Waals surface area contributed by atoms with Crippen LogP contribution >= 0.6 is 11.7 Å². The minimum atomic E-state index is -0.559. The highest BCUT2D eigenvalue weighted by Crippen LogP contribution is 2.33. The van der Waals surface area contributed by atoms with Crippen molar-refractivity contribution in [3.8, 4) is 5.88 Å². The molecule has 34 heavy (non-hydrogen) atoms. The van der Waals surface area contributed by atoms with Crippen molar-refractivity contribution < 1.29 is 23.5 Å². The van der Waals surface area contributed by atoms with Crippen molar-refractivity contribution in [3.05, 3.63) is 11.8 Å². The van der Waals surface area contributed by atoms with E-state index in [4.69, 9.17) is 14.2 Å². The molecule has 8 heteroatoms. The average molecular weight is 497 g/mol. The highest BCUT2D eigenvalue weighted by molar-refractivity contribution is 6.99. The molecular formula is C26H46N3O4S+. The number of carbonyl (C=O) groups is 1. The molecule has 0 amide bonds. The summed E-state index contributed by atoms with van der Waals surface area (Å²) in [5, 5.41) is 0. The van der Waals surface area contributed by atoms with Crippen LogP contribution in [0.4, 0.5) is 4.79 Å². The van der Waals surface area contributed by atoms with Crippen LogP contribution in [0.3, 0.4) is 0 Å². The molecule has 0 saturated carbocycles. The first-order chi connectivity index (χ1) is 16.4. The van der Waals surface area contributed by atoms with E-state index in [1.165, 1.54) is 50.3 Å². The highest BCUT2D eigenvalue weighted by atomic mass is 32.1. The van der Waals surface area contributed by atoms with E-state index in [1.807, 2.05) is 0 Å². The Bertz CT molecular complexity index is 752. The molecule has 0 fully saturated rings. The lowest BCUT2D eigenvalue weighted by atomic mass is 10.0. The van der Waals surface area contributed by atoms with Crippen LogP contribution in [0, 0.1) is 5.92 Å². The molecule has 1 aromatic rings. The molecule has 1 aliphatic rings. The van der Waals surface area contributed by atoms with E-state index < -0.39 is 6.16 Å². The molecule has 2 unspecified atom stereocenters. The molecule has 0 radical (unpaired) electrons. The van der Waals surface area contributed by atoms with Crippen LogP contribution in [-0.2, 0) is 9.47 Å². The zero-order chi connectivity index (χ0) is 24.8. The number of unbranched alkanes of at least 4 members (excludes halogenated alkanes) is 7. The molecule has 1 aliphatic heterocycles. The Hall–Kier alpha value is -1.67. The molecule has 0 saturated heterocycles. The lowest BCUT2D eigenvalue weighted by Crippen LogP contribution is -2.58. The Morgan fingerprint density at radius 2 is 1.71 bits per heavy atom. The van der Waals surface area contributed by atoms with Gasteiger partial charge in [-0.15, -0.1) is 4.37 Å². The smallest absolute Gasteiger partial charge is 0.475 e. The van der Waals surface area contributed by atoms with Gasteiger partial charge in [-0.05, 0) is 12.8 Å². The lowest BCUT2D eigenvalue weighted by Gasteiger charge is -2.44. The normalized spacial score (nSPS) is 19.1. The molecule has 2 heterocycles. The SMILES string of the molecule is CCCCCCCOC(=O)OC(C(C)C)[N+]1(C)CCC=C(c2nsnc2OCCCCCC)C1. The number of quaternary nitrogens is 1. The largest absolute Gasteiger partial charge is 0.512 e. The summed E-state index contributed by atoms with van der Waals surface area (Å²) in [6.07, 6.45) is 12.5. The molecule has 7 nitrogen and oxygen atoms in total. The summed E-state index contributed by atoms with van der Waals surface area (Å²) in [4.78, 5) is 12.5. The zero-order valence-corrected chi connectivity index (χ0v) is 22.8. The van der Waals surface area contributed by atoms with Crippen molar-refractivity contribution in [2.24, 2.45) is 5.92 Å². The third kappa shape index (κ3) is 9.17. The summed E-state index contributed by atoms with van der Waals surface area (Å²) >= 11 is 1.19. The van der Waals surface area contributed by atoms with E-state index in [2.05, 4.69) is 49.6 Å². The number of carbonyl (C=O) groups excluding carboxylic acids is 1. The fourth-order valence-electron chi connectivity index (χ4n) is 4.60. The maximum absolute atomic E-state index is 12.5. The van der Waals surface area contributed by atoms with Gasteiger partial charge in [0, 0.05) is 17.9 Å². The number of hydrogen-bond donors (Lipinski definition) is 0. The molecular weight excluding hydrogens is 450 g/mol. The van der Waals surface area contributed by atoms with Crippen LogP contribution in [0.15, 0.2) is 6.08 Å². The van der Waals surface area contributed by atoms with Crippen LogP contribution in [0.2, 0.25) is 0 Å². The van der Waals surface area contributed by atoms with Gasteiger partial charge in [0.05, 0.1) is 38.5 Å². The van der Waals surface area contributed by atoms with Gasteiger partial charge < -0.3 is 14.2 Å². The number of aromatic nitrogens is 2. The first-order valence-corrected chi connectivity index (χ1v) is 14.0. The number of likely N-dealkylation sites (N-methyl/N-ethyl adjacent to an activating group) is 1. The molecule has 0 aromatic carbocycles. The van der Waals surface area contributed by atoms with Gasteiger partial charge in [-0.2, -0.15) is 4.37 Å². The maximum atomic E-state index is 12.5. The van der Waals surface area contributed by atoms with E-state index in [9.17, 15) is 4.79 Å². The molecule has 1 aromatic heterocycles. The fraction of sp³-hybridized carbons (Fsp3) is 0.808. The first kappa shape index (κ1) is 28.6. The maximum Gasteiger partial charge on any atom is 0.512 e. The van der Waals surface area contributed by atoms with Gasteiger partial charge in [-0.25, -0.2) is 4.79 Å². The quantitative estimate of drug-likeness (QED) is 0.142. The predicted molar refractivity (Wildman–Crippen MR) is 138 cm³/mol. The van der Waals surface area contributed by atoms with Gasteiger partial charge in [-0.1, -0.05) is 78.7 Å². The number of hydrogen-bond acceptors (Lipinski definition) is 7. The van der Waals surface area contributed by atoms with Crippen LogP contribution in [-0.4, -0.2) is 59.0 Å². The van der Waals surface area contributed by atoms with E-state index in [1.54, 1.807) is 0 Å². The van der Waals surface area contributed by atoms with Gasteiger partial charge in [0.1, 0.15) is 12.2 Å². The summed E-state index contributed by atoms with van der Waals surface area (Å²) in [5.74, 6) is 0.787. The number of ether oxygens (including phenoxy) is 3. The molecule has 0 bridgehead atoms. The average Bonchev–Trinajstić information content (AvgIpc) is 3.28. The summed E-state index contributed by atoms with van der Waals surface area (Å²) in [5.41, 5.74) is 1.95.